The van der Waals surface area contributed by atoms with Gasteiger partial charge in [-0.3, -0.25) is 9.13 Å². The molecule has 31 heavy (non-hydrogen) atoms. The fourth-order valence-electron chi connectivity index (χ4n) is 3.68. The molecule has 1 aliphatic heterocycles. The van der Waals surface area contributed by atoms with Crippen LogP contribution >= 0.6 is 0 Å². The van der Waals surface area contributed by atoms with Crippen LogP contribution in [0.15, 0.2) is 29.1 Å². The Kier molecular flexibility index (Phi) is 5.87. The van der Waals surface area contributed by atoms with Crippen molar-refractivity contribution in [2.75, 3.05) is 38.2 Å². The molecule has 0 amide bonds. The van der Waals surface area contributed by atoms with Gasteiger partial charge in [0.05, 0.1) is 31.8 Å². The summed E-state index contributed by atoms with van der Waals surface area (Å²) in [5.74, 6) is 6.53. The average molecular weight is 417 g/mol. The molecule has 0 radical (unpaired) electrons. The zero-order valence-electron chi connectivity index (χ0n) is 17.6. The van der Waals surface area contributed by atoms with Crippen LogP contribution < -0.4 is 20.6 Å². The van der Waals surface area contributed by atoms with E-state index in [9.17, 15) is 4.79 Å². The van der Waals surface area contributed by atoms with E-state index in [1.807, 2.05) is 12.1 Å². The number of piperazine rings is 1. The van der Waals surface area contributed by atoms with Gasteiger partial charge >= 0.3 is 11.7 Å². The minimum atomic E-state index is -0.207. The second-order valence-electron chi connectivity index (χ2n) is 7.13. The maximum atomic E-state index is 13.4. The maximum Gasteiger partial charge on any atom is 0.331 e. The monoisotopic (exact) mass is 417 g/mol. The van der Waals surface area contributed by atoms with Crippen molar-refractivity contribution in [3.63, 3.8) is 0 Å². The quantitative estimate of drug-likeness (QED) is 0.617. The smallest absolute Gasteiger partial charge is 0.331 e. The summed E-state index contributed by atoms with van der Waals surface area (Å²) < 4.78 is 8.61. The lowest BCUT2D eigenvalue weighted by molar-refractivity contribution is 0.380. The number of fused-ring (bicyclic) bond motifs is 1. The topological polar surface area (TPSA) is 101 Å². The van der Waals surface area contributed by atoms with Gasteiger partial charge in [-0.05, 0) is 24.6 Å². The maximum absolute atomic E-state index is 13.4. The van der Waals surface area contributed by atoms with E-state index >= 15 is 0 Å². The Balaban J connectivity index is 1.92. The molecule has 0 saturated carbocycles. The van der Waals surface area contributed by atoms with Crippen LogP contribution in [0.2, 0.25) is 0 Å². The predicted octanol–water partition coefficient (Wildman–Crippen LogP) is 0.954. The van der Waals surface area contributed by atoms with Gasteiger partial charge in [0.1, 0.15) is 5.52 Å². The Hall–Kier alpha value is -3.82. The largest absolute Gasteiger partial charge is 0.467 e. The summed E-state index contributed by atoms with van der Waals surface area (Å²) in [4.78, 5) is 24.7. The SMILES string of the molecule is CC#CCn1c(=O)n(Cc2ccc(C#N)cc2)c2nc(OC)nc(N3CCNCC3)c21. The zero-order valence-corrected chi connectivity index (χ0v) is 17.6. The van der Waals surface area contributed by atoms with Gasteiger partial charge in [0, 0.05) is 26.2 Å². The molecule has 0 spiro atoms. The van der Waals surface area contributed by atoms with Gasteiger partial charge in [-0.15, -0.1) is 5.92 Å². The van der Waals surface area contributed by atoms with Gasteiger partial charge in [-0.1, -0.05) is 18.1 Å². The van der Waals surface area contributed by atoms with Crippen molar-refractivity contribution in [2.24, 2.45) is 0 Å². The highest BCUT2D eigenvalue weighted by molar-refractivity contribution is 5.85. The molecule has 1 aromatic carbocycles. The van der Waals surface area contributed by atoms with Crippen LogP contribution in [0.5, 0.6) is 6.01 Å². The molecule has 1 fully saturated rings. The Morgan fingerprint density at radius 2 is 1.90 bits per heavy atom. The molecule has 158 valence electrons. The third kappa shape index (κ3) is 3.96. The molecular formula is C22H23N7O2. The van der Waals surface area contributed by atoms with E-state index in [2.05, 4.69) is 38.1 Å². The summed E-state index contributed by atoms with van der Waals surface area (Å²) in [6.07, 6.45) is 0. The lowest BCUT2D eigenvalue weighted by Crippen LogP contribution is -2.44. The zero-order chi connectivity index (χ0) is 21.8. The van der Waals surface area contributed by atoms with Gasteiger partial charge in [-0.25, -0.2) is 4.79 Å². The summed E-state index contributed by atoms with van der Waals surface area (Å²) >= 11 is 0. The van der Waals surface area contributed by atoms with E-state index < -0.39 is 0 Å². The summed E-state index contributed by atoms with van der Waals surface area (Å²) in [7, 11) is 1.52. The molecule has 3 heterocycles. The number of methoxy groups -OCH3 is 1. The standard InChI is InChI=1S/C22H23N7O2/c1-3-4-11-28-18-19(27-12-9-24-10-13-27)25-21(31-2)26-20(18)29(22(28)30)15-17-7-5-16(14-23)6-8-17/h5-8,24H,9-13,15H2,1-2H3. The molecule has 9 heteroatoms. The highest BCUT2D eigenvalue weighted by Gasteiger charge is 2.24. The van der Waals surface area contributed by atoms with E-state index in [1.54, 1.807) is 28.2 Å². The molecule has 3 aromatic rings. The van der Waals surface area contributed by atoms with Crippen molar-refractivity contribution >= 4 is 17.0 Å². The van der Waals surface area contributed by atoms with Crippen molar-refractivity contribution in [1.82, 2.24) is 24.4 Å². The Labute approximate surface area is 179 Å². The molecule has 9 nitrogen and oxygen atoms in total. The van der Waals surface area contributed by atoms with E-state index in [-0.39, 0.29) is 18.2 Å². The van der Waals surface area contributed by atoms with E-state index in [4.69, 9.17) is 10.00 Å². The number of rotatable bonds is 5. The molecular weight excluding hydrogens is 394 g/mol. The molecule has 0 unspecified atom stereocenters. The minimum absolute atomic E-state index is 0.207. The Morgan fingerprint density at radius 1 is 1.16 bits per heavy atom. The summed E-state index contributed by atoms with van der Waals surface area (Å²) in [6, 6.07) is 9.49. The number of aromatic nitrogens is 4. The van der Waals surface area contributed by atoms with Gasteiger partial charge < -0.3 is 15.0 Å². The van der Waals surface area contributed by atoms with E-state index in [0.717, 1.165) is 31.7 Å². The number of ether oxygens (including phenoxy) is 1. The second kappa shape index (κ2) is 8.90. The summed E-state index contributed by atoms with van der Waals surface area (Å²) in [5.41, 5.74) is 2.42. The van der Waals surface area contributed by atoms with Crippen molar-refractivity contribution in [2.45, 2.75) is 20.0 Å². The number of benzene rings is 1. The molecule has 1 N–H and O–H groups in total. The Morgan fingerprint density at radius 3 is 2.55 bits per heavy atom. The fourth-order valence-corrected chi connectivity index (χ4v) is 3.68. The number of hydrogen-bond acceptors (Lipinski definition) is 7. The van der Waals surface area contributed by atoms with Crippen molar-refractivity contribution in [1.29, 1.82) is 5.26 Å². The van der Waals surface area contributed by atoms with Crippen molar-refractivity contribution < 1.29 is 4.74 Å². The predicted molar refractivity (Wildman–Crippen MR) is 117 cm³/mol. The molecule has 0 bridgehead atoms. The van der Waals surface area contributed by atoms with Gasteiger partial charge in [0.2, 0.25) is 0 Å². The van der Waals surface area contributed by atoms with Crippen LogP contribution in [0.25, 0.3) is 11.2 Å². The fraction of sp³-hybridized carbons (Fsp3) is 0.364. The van der Waals surface area contributed by atoms with Crippen molar-refractivity contribution in [3.05, 3.63) is 45.9 Å². The van der Waals surface area contributed by atoms with Crippen LogP contribution in [0.3, 0.4) is 0 Å². The lowest BCUT2D eigenvalue weighted by atomic mass is 10.1. The lowest BCUT2D eigenvalue weighted by Gasteiger charge is -2.29. The van der Waals surface area contributed by atoms with Crippen LogP contribution in [0.4, 0.5) is 5.82 Å². The van der Waals surface area contributed by atoms with Crippen molar-refractivity contribution in [3.8, 4) is 23.9 Å². The first-order valence-electron chi connectivity index (χ1n) is 10.1. The molecule has 0 atom stereocenters. The number of nitriles is 1. The number of anilines is 1. The van der Waals surface area contributed by atoms with Crippen LogP contribution in [-0.4, -0.2) is 52.4 Å². The third-order valence-corrected chi connectivity index (χ3v) is 5.25. The number of nitrogens with zero attached hydrogens (tertiary/aromatic N) is 6. The summed E-state index contributed by atoms with van der Waals surface area (Å²) in [5, 5.41) is 12.4. The molecule has 1 saturated heterocycles. The first kappa shape index (κ1) is 20.5. The summed E-state index contributed by atoms with van der Waals surface area (Å²) in [6.45, 7) is 5.51. The Bertz CT molecular complexity index is 1250. The van der Waals surface area contributed by atoms with E-state index in [0.29, 0.717) is 29.1 Å². The highest BCUT2D eigenvalue weighted by Crippen LogP contribution is 2.26. The van der Waals surface area contributed by atoms with Gasteiger partial charge in [0.15, 0.2) is 11.5 Å². The van der Waals surface area contributed by atoms with Crippen LogP contribution in [0.1, 0.15) is 18.1 Å². The van der Waals surface area contributed by atoms with Gasteiger partial charge in [0.25, 0.3) is 0 Å². The molecule has 4 rings (SSSR count). The number of imidazole rings is 1. The first-order valence-corrected chi connectivity index (χ1v) is 10.1. The van der Waals surface area contributed by atoms with Crippen LogP contribution in [0, 0.1) is 23.2 Å². The first-order chi connectivity index (χ1) is 15.2. The molecule has 2 aromatic heterocycles. The molecule has 1 aliphatic rings. The molecule has 0 aliphatic carbocycles. The number of hydrogen-bond donors (Lipinski definition) is 1. The van der Waals surface area contributed by atoms with Gasteiger partial charge in [-0.2, -0.15) is 15.2 Å². The third-order valence-electron chi connectivity index (χ3n) is 5.25. The number of nitrogens with one attached hydrogen (secondary N) is 1. The average Bonchev–Trinajstić information content (AvgIpc) is 3.08. The normalized spacial score (nSPS) is 13.5. The van der Waals surface area contributed by atoms with Crippen LogP contribution in [-0.2, 0) is 13.1 Å². The van der Waals surface area contributed by atoms with E-state index in [1.165, 1.54) is 7.11 Å². The second-order valence-corrected chi connectivity index (χ2v) is 7.13. The minimum Gasteiger partial charge on any atom is -0.467 e. The highest BCUT2D eigenvalue weighted by atomic mass is 16.5.